The maximum Gasteiger partial charge on any atom is 0.341 e. The normalized spacial score (nSPS) is 12.2. The van der Waals surface area contributed by atoms with Crippen molar-refractivity contribution in [1.82, 2.24) is 0 Å². The van der Waals surface area contributed by atoms with Crippen LogP contribution >= 0.6 is 35.8 Å². The van der Waals surface area contributed by atoms with Gasteiger partial charge in [0, 0.05) is 31.6 Å². The van der Waals surface area contributed by atoms with Crippen molar-refractivity contribution in [3.8, 4) is 0 Å². The Balaban J connectivity index is 1.59. The minimum atomic E-state index is -0.819. The van der Waals surface area contributed by atoms with E-state index in [2.05, 4.69) is 31.2 Å². The molecule has 0 saturated heterocycles. The van der Waals surface area contributed by atoms with Gasteiger partial charge in [0.2, 0.25) is 0 Å². The predicted octanol–water partition coefficient (Wildman–Crippen LogP) is 9.33. The lowest BCUT2D eigenvalue weighted by Gasteiger charge is -2.22. The Kier molecular flexibility index (Phi) is 8.23. The van der Waals surface area contributed by atoms with Gasteiger partial charge < -0.3 is 8.83 Å². The molecular weight excluding hydrogens is 599 g/mol. The molecule has 6 aromatic rings. The van der Waals surface area contributed by atoms with Crippen LogP contribution in [0.15, 0.2) is 108 Å². The summed E-state index contributed by atoms with van der Waals surface area (Å²) in [5, 5.41) is 2.26. The third-order valence-corrected chi connectivity index (χ3v) is 9.05. The first-order valence-electron chi connectivity index (χ1n) is 14.1. The summed E-state index contributed by atoms with van der Waals surface area (Å²) in [6.07, 6.45) is 2.55. The van der Waals surface area contributed by atoms with E-state index in [1.807, 2.05) is 31.2 Å². The molecule has 0 N–H and O–H groups in total. The number of thiol groups is 1. The maximum absolute atomic E-state index is 13.8. The smallest absolute Gasteiger partial charge is 0.341 e. The molecule has 43 heavy (non-hydrogen) atoms. The van der Waals surface area contributed by atoms with Crippen LogP contribution in [0.4, 0.5) is 0 Å². The molecule has 7 heteroatoms. The summed E-state index contributed by atoms with van der Waals surface area (Å²) in [4.78, 5) is 27.9. The fourth-order valence-electron chi connectivity index (χ4n) is 5.90. The van der Waals surface area contributed by atoms with Crippen LogP contribution in [0.3, 0.4) is 0 Å². The van der Waals surface area contributed by atoms with Crippen molar-refractivity contribution < 1.29 is 8.83 Å². The molecule has 0 aliphatic heterocycles. The van der Waals surface area contributed by atoms with Gasteiger partial charge in [0.15, 0.2) is 0 Å². The van der Waals surface area contributed by atoms with Gasteiger partial charge in [-0.3, -0.25) is 0 Å². The van der Waals surface area contributed by atoms with Crippen LogP contribution in [0, 0.1) is 6.92 Å². The highest BCUT2D eigenvalue weighted by atomic mass is 35.5. The zero-order valence-corrected chi connectivity index (χ0v) is 26.0. The molecule has 6 rings (SSSR count). The Morgan fingerprint density at radius 1 is 0.721 bits per heavy atom. The molecule has 0 aliphatic carbocycles. The number of aryl methyl sites for hydroxylation is 4. The Bertz CT molecular complexity index is 2010. The van der Waals surface area contributed by atoms with E-state index in [-0.39, 0.29) is 5.56 Å². The minimum absolute atomic E-state index is 0.244. The van der Waals surface area contributed by atoms with Crippen LogP contribution in [-0.2, 0) is 19.3 Å². The summed E-state index contributed by atoms with van der Waals surface area (Å²) in [5.74, 6) is -0.819. The maximum atomic E-state index is 13.8. The van der Waals surface area contributed by atoms with Crippen molar-refractivity contribution in [1.29, 1.82) is 0 Å². The first-order valence-corrected chi connectivity index (χ1v) is 15.3. The van der Waals surface area contributed by atoms with Crippen LogP contribution in [0.5, 0.6) is 0 Å². The molecule has 2 aromatic heterocycles. The number of hydrogen-bond acceptors (Lipinski definition) is 5. The molecule has 0 amide bonds. The van der Waals surface area contributed by atoms with Crippen LogP contribution < -0.4 is 11.3 Å². The monoisotopic (exact) mass is 626 g/mol. The highest BCUT2D eigenvalue weighted by Crippen LogP contribution is 2.39. The van der Waals surface area contributed by atoms with E-state index in [1.165, 1.54) is 11.1 Å². The number of halogens is 2. The SMILES string of the molecule is CCc1cc(C(c2c(C)c3cc(Cl)ccc3oc2=O)c2c(S)c3cc(Cl)ccc3oc2=O)ccc1CCc1ccccc1. The first-order chi connectivity index (χ1) is 20.7. The van der Waals surface area contributed by atoms with Gasteiger partial charge in [-0.15, -0.1) is 12.6 Å². The van der Waals surface area contributed by atoms with E-state index < -0.39 is 17.2 Å². The Hall–Kier alpha value is -3.77. The van der Waals surface area contributed by atoms with E-state index in [0.29, 0.717) is 48.0 Å². The van der Waals surface area contributed by atoms with Crippen molar-refractivity contribution in [2.45, 2.75) is 43.9 Å². The van der Waals surface area contributed by atoms with E-state index in [9.17, 15) is 9.59 Å². The molecule has 4 nitrogen and oxygen atoms in total. The summed E-state index contributed by atoms with van der Waals surface area (Å²) < 4.78 is 11.6. The van der Waals surface area contributed by atoms with Gasteiger partial charge in [-0.1, -0.05) is 78.7 Å². The molecule has 0 saturated carbocycles. The second-order valence-electron chi connectivity index (χ2n) is 10.7. The molecule has 0 spiro atoms. The Labute approximate surface area is 264 Å². The Morgan fingerprint density at radius 2 is 1.35 bits per heavy atom. The number of fused-ring (bicyclic) bond motifs is 2. The van der Waals surface area contributed by atoms with Gasteiger partial charge in [0.25, 0.3) is 0 Å². The number of hydrogen-bond donors (Lipinski definition) is 1. The fourth-order valence-corrected chi connectivity index (χ4v) is 6.64. The van der Waals surface area contributed by atoms with Crippen molar-refractivity contribution in [3.63, 3.8) is 0 Å². The van der Waals surface area contributed by atoms with Crippen molar-refractivity contribution >= 4 is 57.8 Å². The molecule has 2 heterocycles. The molecule has 216 valence electrons. The van der Waals surface area contributed by atoms with Gasteiger partial charge in [0.05, 0.1) is 11.1 Å². The molecular formula is C36H28Cl2O4S. The molecule has 4 aromatic carbocycles. The summed E-state index contributed by atoms with van der Waals surface area (Å²) in [7, 11) is 0. The average Bonchev–Trinajstić information content (AvgIpc) is 3.00. The first kappa shape index (κ1) is 29.3. The van der Waals surface area contributed by atoms with Gasteiger partial charge in [0.1, 0.15) is 11.2 Å². The molecule has 0 fully saturated rings. The third-order valence-electron chi connectivity index (χ3n) is 8.09. The van der Waals surface area contributed by atoms with Crippen LogP contribution in [0.25, 0.3) is 21.9 Å². The third kappa shape index (κ3) is 5.65. The molecule has 1 atom stereocenters. The van der Waals surface area contributed by atoms with Crippen LogP contribution in [0.2, 0.25) is 10.0 Å². The summed E-state index contributed by atoms with van der Waals surface area (Å²) in [5.41, 5.74) is 5.29. The van der Waals surface area contributed by atoms with Crippen molar-refractivity contribution in [2.24, 2.45) is 0 Å². The zero-order valence-electron chi connectivity index (χ0n) is 23.6. The highest BCUT2D eigenvalue weighted by molar-refractivity contribution is 7.80. The average molecular weight is 628 g/mol. The topological polar surface area (TPSA) is 60.4 Å². The van der Waals surface area contributed by atoms with Crippen molar-refractivity contribution in [2.75, 3.05) is 0 Å². The highest BCUT2D eigenvalue weighted by Gasteiger charge is 2.31. The number of benzene rings is 4. The standard InChI is InChI=1S/C36H28Cl2O4S/c1-3-22-17-24(12-11-23(22)10-9-21-7-5-4-6-8-21)32(31-20(2)27-18-25(37)13-15-29(27)41-35(31)39)33-34(43)28-19-26(38)14-16-30(28)42-36(33)40/h4-8,11-19,32,43H,3,9-10H2,1-2H3. The van der Waals surface area contributed by atoms with Gasteiger partial charge in [-0.05, 0) is 90.4 Å². The predicted molar refractivity (Wildman–Crippen MR) is 178 cm³/mol. The quantitative estimate of drug-likeness (QED) is 0.142. The molecule has 1 unspecified atom stereocenters. The summed E-state index contributed by atoms with van der Waals surface area (Å²) in [6, 6.07) is 26.7. The Morgan fingerprint density at radius 3 is 2.02 bits per heavy atom. The summed E-state index contributed by atoms with van der Waals surface area (Å²) >= 11 is 17.5. The molecule has 0 radical (unpaired) electrons. The van der Waals surface area contributed by atoms with E-state index in [1.54, 1.807) is 36.4 Å². The van der Waals surface area contributed by atoms with Crippen LogP contribution in [0.1, 0.15) is 51.8 Å². The molecule has 0 bridgehead atoms. The van der Waals surface area contributed by atoms with E-state index in [0.717, 1.165) is 30.4 Å². The lowest BCUT2D eigenvalue weighted by atomic mass is 9.82. The van der Waals surface area contributed by atoms with Gasteiger partial charge in [-0.25, -0.2) is 9.59 Å². The largest absolute Gasteiger partial charge is 0.422 e. The van der Waals surface area contributed by atoms with Gasteiger partial charge in [-0.2, -0.15) is 0 Å². The minimum Gasteiger partial charge on any atom is -0.422 e. The van der Waals surface area contributed by atoms with Crippen LogP contribution in [-0.4, -0.2) is 0 Å². The van der Waals surface area contributed by atoms with E-state index in [4.69, 9.17) is 44.7 Å². The van der Waals surface area contributed by atoms with Crippen molar-refractivity contribution in [3.05, 3.63) is 155 Å². The van der Waals surface area contributed by atoms with E-state index >= 15 is 0 Å². The summed E-state index contributed by atoms with van der Waals surface area (Å²) in [6.45, 7) is 3.96. The lowest BCUT2D eigenvalue weighted by Crippen LogP contribution is -2.23. The zero-order chi connectivity index (χ0) is 30.2. The number of rotatable bonds is 7. The molecule has 0 aliphatic rings. The fraction of sp³-hybridized carbons (Fsp3) is 0.167. The van der Waals surface area contributed by atoms with Gasteiger partial charge >= 0.3 is 11.3 Å². The second-order valence-corrected chi connectivity index (χ2v) is 12.0. The second kappa shape index (κ2) is 12.1. The lowest BCUT2D eigenvalue weighted by molar-refractivity contribution is 0.530.